The van der Waals surface area contributed by atoms with Gasteiger partial charge in [0.05, 0.1) is 18.9 Å². The number of benzene rings is 1. The smallest absolute Gasteiger partial charge is 0.222 e. The standard InChI is InChI=1S/C20H30FN5O2.HI/c1-3-19(27)26-7-6-16(14-26)24-20(22-2)23-13-15-4-5-18(17(21)12-15)25-8-10-28-11-9-25;/h4-5,12,16H,3,6-11,13-14H2,1-2H3,(H2,22,23,24);1H. The first kappa shape index (κ1) is 23.7. The molecule has 1 aromatic rings. The predicted octanol–water partition coefficient (Wildman–Crippen LogP) is 1.96. The zero-order valence-corrected chi connectivity index (χ0v) is 19.4. The molecule has 29 heavy (non-hydrogen) atoms. The van der Waals surface area contributed by atoms with Crippen LogP contribution in [0.1, 0.15) is 25.3 Å². The van der Waals surface area contributed by atoms with Gasteiger partial charge in [0.15, 0.2) is 5.96 Å². The summed E-state index contributed by atoms with van der Waals surface area (Å²) in [6, 6.07) is 5.52. The SMILES string of the molecule is CCC(=O)N1CCC(NC(=NC)NCc2ccc(N3CCOCC3)c(F)c2)C1.I. The lowest BCUT2D eigenvalue weighted by molar-refractivity contribution is -0.129. The van der Waals surface area contributed by atoms with Gasteiger partial charge in [-0.2, -0.15) is 0 Å². The van der Waals surface area contributed by atoms with Gasteiger partial charge in [-0.3, -0.25) is 9.79 Å². The average molecular weight is 519 g/mol. The zero-order chi connectivity index (χ0) is 19.9. The predicted molar refractivity (Wildman–Crippen MR) is 123 cm³/mol. The summed E-state index contributed by atoms with van der Waals surface area (Å²) in [6.45, 7) is 6.51. The van der Waals surface area contributed by atoms with Crippen LogP contribution in [0.25, 0.3) is 0 Å². The lowest BCUT2D eigenvalue weighted by Gasteiger charge is -2.29. The molecule has 0 radical (unpaired) electrons. The third kappa shape index (κ3) is 6.43. The molecule has 7 nitrogen and oxygen atoms in total. The molecule has 1 aromatic carbocycles. The second-order valence-corrected chi connectivity index (χ2v) is 7.13. The van der Waals surface area contributed by atoms with Gasteiger partial charge < -0.3 is 25.2 Å². The second-order valence-electron chi connectivity index (χ2n) is 7.13. The van der Waals surface area contributed by atoms with Crippen LogP contribution in [0.4, 0.5) is 10.1 Å². The number of guanidine groups is 1. The van der Waals surface area contributed by atoms with Crippen molar-refractivity contribution < 1.29 is 13.9 Å². The number of halogens is 2. The maximum Gasteiger partial charge on any atom is 0.222 e. The highest BCUT2D eigenvalue weighted by Crippen LogP contribution is 2.21. The first-order valence-corrected chi connectivity index (χ1v) is 9.96. The molecule has 1 atom stereocenters. The summed E-state index contributed by atoms with van der Waals surface area (Å²) >= 11 is 0. The number of aliphatic imine (C=N–C) groups is 1. The number of morpholine rings is 1. The van der Waals surface area contributed by atoms with Crippen molar-refractivity contribution >= 4 is 41.5 Å². The molecule has 162 valence electrons. The Morgan fingerprint density at radius 2 is 2.07 bits per heavy atom. The van der Waals surface area contributed by atoms with E-state index in [-0.39, 0.29) is 41.7 Å². The van der Waals surface area contributed by atoms with Gasteiger partial charge in [0.1, 0.15) is 5.82 Å². The molecule has 9 heteroatoms. The number of hydrogen-bond acceptors (Lipinski definition) is 4. The van der Waals surface area contributed by atoms with Crippen LogP contribution in [0.3, 0.4) is 0 Å². The van der Waals surface area contributed by atoms with E-state index in [1.165, 1.54) is 0 Å². The molecule has 2 aliphatic heterocycles. The van der Waals surface area contributed by atoms with Gasteiger partial charge in [0, 0.05) is 52.2 Å². The van der Waals surface area contributed by atoms with Gasteiger partial charge in [-0.1, -0.05) is 13.0 Å². The molecular formula is C20H31FIN5O2. The van der Waals surface area contributed by atoms with Gasteiger partial charge in [-0.15, -0.1) is 24.0 Å². The number of rotatable bonds is 5. The molecule has 2 heterocycles. The Kier molecular flexibility index (Phi) is 9.41. The molecule has 1 amide bonds. The van der Waals surface area contributed by atoms with E-state index in [1.807, 2.05) is 28.9 Å². The van der Waals surface area contributed by atoms with E-state index in [2.05, 4.69) is 15.6 Å². The average Bonchev–Trinajstić information content (AvgIpc) is 3.19. The van der Waals surface area contributed by atoms with Gasteiger partial charge in [0.25, 0.3) is 0 Å². The van der Waals surface area contributed by atoms with Crippen molar-refractivity contribution in [2.24, 2.45) is 4.99 Å². The first-order valence-electron chi connectivity index (χ1n) is 9.96. The van der Waals surface area contributed by atoms with Crippen LogP contribution in [0.5, 0.6) is 0 Å². The van der Waals surface area contributed by atoms with Crippen molar-refractivity contribution in [1.82, 2.24) is 15.5 Å². The molecule has 2 saturated heterocycles. The molecule has 0 aromatic heterocycles. The van der Waals surface area contributed by atoms with Gasteiger partial charge in [0.2, 0.25) is 5.91 Å². The molecule has 0 saturated carbocycles. The first-order chi connectivity index (χ1) is 13.6. The van der Waals surface area contributed by atoms with Crippen LogP contribution in [0.2, 0.25) is 0 Å². The molecule has 2 fully saturated rings. The van der Waals surface area contributed by atoms with Crippen molar-refractivity contribution in [3.63, 3.8) is 0 Å². The van der Waals surface area contributed by atoms with E-state index in [9.17, 15) is 9.18 Å². The number of hydrogen-bond donors (Lipinski definition) is 2. The Morgan fingerprint density at radius 1 is 1.31 bits per heavy atom. The molecule has 1 unspecified atom stereocenters. The summed E-state index contributed by atoms with van der Waals surface area (Å²) in [7, 11) is 1.71. The number of anilines is 1. The Labute approximate surface area is 189 Å². The van der Waals surface area contributed by atoms with Crippen LogP contribution in [0, 0.1) is 5.82 Å². The van der Waals surface area contributed by atoms with E-state index in [0.717, 1.165) is 18.5 Å². The second kappa shape index (κ2) is 11.5. The monoisotopic (exact) mass is 519 g/mol. The highest BCUT2D eigenvalue weighted by Gasteiger charge is 2.25. The summed E-state index contributed by atoms with van der Waals surface area (Å²) in [5.41, 5.74) is 1.48. The van der Waals surface area contributed by atoms with Crippen molar-refractivity contribution in [1.29, 1.82) is 0 Å². The van der Waals surface area contributed by atoms with Crippen LogP contribution in [-0.4, -0.2) is 69.2 Å². The number of amides is 1. The maximum atomic E-state index is 14.5. The molecule has 0 aliphatic carbocycles. The van der Waals surface area contributed by atoms with Gasteiger partial charge in [-0.25, -0.2) is 4.39 Å². The molecule has 3 rings (SSSR count). The van der Waals surface area contributed by atoms with Crippen LogP contribution < -0.4 is 15.5 Å². The Hall–Kier alpha value is -1.62. The number of ether oxygens (including phenoxy) is 1. The summed E-state index contributed by atoms with van der Waals surface area (Å²) in [5, 5.41) is 6.58. The highest BCUT2D eigenvalue weighted by atomic mass is 127. The molecular weight excluding hydrogens is 488 g/mol. The fraction of sp³-hybridized carbons (Fsp3) is 0.600. The van der Waals surface area contributed by atoms with Crippen molar-refractivity contribution in [2.45, 2.75) is 32.4 Å². The fourth-order valence-corrected chi connectivity index (χ4v) is 3.62. The topological polar surface area (TPSA) is 69.2 Å². The maximum absolute atomic E-state index is 14.5. The van der Waals surface area contributed by atoms with E-state index in [1.54, 1.807) is 13.1 Å². The van der Waals surface area contributed by atoms with Crippen molar-refractivity contribution in [3.05, 3.63) is 29.6 Å². The highest BCUT2D eigenvalue weighted by molar-refractivity contribution is 14.0. The number of nitrogens with one attached hydrogen (secondary N) is 2. The van der Waals surface area contributed by atoms with Gasteiger partial charge in [-0.05, 0) is 24.1 Å². The third-order valence-corrected chi connectivity index (χ3v) is 5.23. The number of likely N-dealkylation sites (tertiary alicyclic amines) is 1. The fourth-order valence-electron chi connectivity index (χ4n) is 3.62. The number of carbonyl (C=O) groups is 1. The normalized spacial score (nSPS) is 19.7. The van der Waals surface area contributed by atoms with E-state index in [4.69, 9.17) is 4.74 Å². The zero-order valence-electron chi connectivity index (χ0n) is 17.1. The molecule has 0 bridgehead atoms. The van der Waals surface area contributed by atoms with Crippen LogP contribution in [0.15, 0.2) is 23.2 Å². The summed E-state index contributed by atoms with van der Waals surface area (Å²) < 4.78 is 19.9. The Bertz CT molecular complexity index is 712. The summed E-state index contributed by atoms with van der Waals surface area (Å²) in [5.74, 6) is 0.630. The minimum absolute atomic E-state index is 0. The largest absolute Gasteiger partial charge is 0.378 e. The van der Waals surface area contributed by atoms with E-state index >= 15 is 0 Å². The van der Waals surface area contributed by atoms with E-state index < -0.39 is 0 Å². The lowest BCUT2D eigenvalue weighted by Crippen LogP contribution is -2.44. The van der Waals surface area contributed by atoms with Crippen molar-refractivity contribution in [2.75, 3.05) is 51.3 Å². The third-order valence-electron chi connectivity index (χ3n) is 5.23. The van der Waals surface area contributed by atoms with Crippen LogP contribution in [-0.2, 0) is 16.1 Å². The number of carbonyl (C=O) groups excluding carboxylic acids is 1. The minimum atomic E-state index is -0.214. The summed E-state index contributed by atoms with van der Waals surface area (Å²) in [4.78, 5) is 19.9. The minimum Gasteiger partial charge on any atom is -0.378 e. The number of nitrogens with zero attached hydrogens (tertiary/aromatic N) is 3. The molecule has 0 spiro atoms. The summed E-state index contributed by atoms with van der Waals surface area (Å²) in [6.07, 6.45) is 1.43. The Balaban J connectivity index is 0.00000300. The quantitative estimate of drug-likeness (QED) is 0.354. The Morgan fingerprint density at radius 3 is 2.72 bits per heavy atom. The van der Waals surface area contributed by atoms with Gasteiger partial charge >= 0.3 is 0 Å². The molecule has 2 N–H and O–H groups in total. The lowest BCUT2D eigenvalue weighted by atomic mass is 10.1. The van der Waals surface area contributed by atoms with Crippen molar-refractivity contribution in [3.8, 4) is 0 Å². The van der Waals surface area contributed by atoms with Crippen LogP contribution >= 0.6 is 24.0 Å². The van der Waals surface area contributed by atoms with E-state index in [0.29, 0.717) is 57.5 Å². The molecule has 2 aliphatic rings.